The molecule has 33 heavy (non-hydrogen) atoms. The minimum Gasteiger partial charge on any atom is -0.478 e. The van der Waals surface area contributed by atoms with E-state index in [1.54, 1.807) is 29.2 Å². The molecule has 0 radical (unpaired) electrons. The van der Waals surface area contributed by atoms with Crippen molar-refractivity contribution < 1.29 is 23.5 Å². The fourth-order valence-electron chi connectivity index (χ4n) is 3.80. The molecule has 0 unspecified atom stereocenters. The first-order chi connectivity index (χ1) is 16.2. The number of hydrogen-bond donors (Lipinski definition) is 2. The van der Waals surface area contributed by atoms with E-state index in [-0.39, 0.29) is 29.2 Å². The first-order valence-corrected chi connectivity index (χ1v) is 11.0. The van der Waals surface area contributed by atoms with Crippen molar-refractivity contribution in [3.8, 4) is 17.3 Å². The van der Waals surface area contributed by atoms with Crippen LogP contribution in [-0.4, -0.2) is 57.9 Å². The zero-order valence-corrected chi connectivity index (χ0v) is 18.0. The summed E-state index contributed by atoms with van der Waals surface area (Å²) in [6.07, 6.45) is 7.59. The van der Waals surface area contributed by atoms with Crippen LogP contribution in [0.5, 0.6) is 5.88 Å². The lowest BCUT2D eigenvalue weighted by Crippen LogP contribution is -2.27. The summed E-state index contributed by atoms with van der Waals surface area (Å²) < 4.78 is 18.4. The van der Waals surface area contributed by atoms with Gasteiger partial charge in [0.2, 0.25) is 11.8 Å². The van der Waals surface area contributed by atoms with Crippen LogP contribution in [-0.2, 0) is 4.74 Å². The zero-order valence-electron chi connectivity index (χ0n) is 18.0. The maximum Gasteiger partial charge on any atom is 0.277 e. The van der Waals surface area contributed by atoms with Crippen molar-refractivity contribution in [2.24, 2.45) is 0 Å². The monoisotopic (exact) mass is 452 g/mol. The third-order valence-corrected chi connectivity index (χ3v) is 5.59. The summed E-state index contributed by atoms with van der Waals surface area (Å²) in [5.41, 5.74) is 1.22. The smallest absolute Gasteiger partial charge is 0.277 e. The Morgan fingerprint density at radius 2 is 1.97 bits per heavy atom. The number of carbonyl (C=O) groups is 2. The van der Waals surface area contributed by atoms with Crippen LogP contribution in [0.1, 0.15) is 52.7 Å². The number of fused-ring (bicyclic) bond motifs is 6. The van der Waals surface area contributed by atoms with Crippen molar-refractivity contribution >= 4 is 17.5 Å². The van der Waals surface area contributed by atoms with E-state index >= 15 is 0 Å². The molecule has 172 valence electrons. The first-order valence-electron chi connectivity index (χ1n) is 11.0. The molecule has 0 spiro atoms. The van der Waals surface area contributed by atoms with Gasteiger partial charge in [0.15, 0.2) is 11.4 Å². The topological polar surface area (TPSA) is 133 Å². The number of anilines is 1. The van der Waals surface area contributed by atoms with Crippen LogP contribution in [0.4, 0.5) is 5.69 Å². The number of amides is 2. The van der Waals surface area contributed by atoms with Crippen molar-refractivity contribution in [3.63, 3.8) is 0 Å². The third-order valence-electron chi connectivity index (χ3n) is 5.59. The van der Waals surface area contributed by atoms with E-state index in [4.69, 9.17) is 13.9 Å². The molecule has 2 amide bonds. The first kappa shape index (κ1) is 21.1. The van der Waals surface area contributed by atoms with Crippen molar-refractivity contribution in [2.75, 3.05) is 31.7 Å². The molecule has 11 nitrogen and oxygen atoms in total. The highest BCUT2D eigenvalue weighted by Crippen LogP contribution is 2.26. The molecule has 0 aliphatic carbocycles. The standard InChI is InChI=1S/C22H24N6O5/c29-20-17-13-33-22(26-17)14-3-7-23-18(11-14)32-8-2-1-6-24-21(30)19-16(25-20)12-28(27-19)15-4-9-31-10-5-15/h3,7,11-13,15H,1-2,4-6,8-10H2,(H,24,30)(H,25,29). The molecule has 2 N–H and O–H groups in total. The highest BCUT2D eigenvalue weighted by atomic mass is 16.5. The largest absolute Gasteiger partial charge is 0.478 e. The van der Waals surface area contributed by atoms with Crippen molar-refractivity contribution in [2.45, 2.75) is 31.7 Å². The summed E-state index contributed by atoms with van der Waals surface area (Å²) in [6, 6.07) is 3.54. The number of rotatable bonds is 1. The van der Waals surface area contributed by atoms with Crippen LogP contribution in [0.3, 0.4) is 0 Å². The molecule has 2 aliphatic rings. The van der Waals surface area contributed by atoms with Gasteiger partial charge in [0.05, 0.1) is 18.3 Å². The Labute approximate surface area is 189 Å². The highest BCUT2D eigenvalue weighted by molar-refractivity contribution is 6.07. The molecule has 1 saturated heterocycles. The summed E-state index contributed by atoms with van der Waals surface area (Å²) in [4.78, 5) is 34.3. The van der Waals surface area contributed by atoms with Crippen LogP contribution < -0.4 is 15.4 Å². The minimum atomic E-state index is -0.500. The minimum absolute atomic E-state index is 0.0822. The van der Waals surface area contributed by atoms with E-state index in [1.807, 2.05) is 0 Å². The summed E-state index contributed by atoms with van der Waals surface area (Å²) in [6.45, 7) is 2.18. The van der Waals surface area contributed by atoms with Crippen LogP contribution in [0.15, 0.2) is 35.2 Å². The maximum atomic E-state index is 12.9. The van der Waals surface area contributed by atoms with Gasteiger partial charge >= 0.3 is 0 Å². The second-order valence-corrected chi connectivity index (χ2v) is 7.90. The number of ether oxygens (including phenoxy) is 2. The lowest BCUT2D eigenvalue weighted by molar-refractivity contribution is 0.0660. The molecule has 3 aromatic heterocycles. The maximum absolute atomic E-state index is 12.9. The lowest BCUT2D eigenvalue weighted by Gasteiger charge is -2.22. The van der Waals surface area contributed by atoms with Gasteiger partial charge < -0.3 is 24.5 Å². The van der Waals surface area contributed by atoms with Crippen LogP contribution in [0.25, 0.3) is 11.5 Å². The summed E-state index contributed by atoms with van der Waals surface area (Å²) in [7, 11) is 0. The normalized spacial score (nSPS) is 17.9. The summed E-state index contributed by atoms with van der Waals surface area (Å²) in [5.74, 6) is -0.143. The van der Waals surface area contributed by atoms with Crippen molar-refractivity contribution in [3.05, 3.63) is 42.2 Å². The van der Waals surface area contributed by atoms with Gasteiger partial charge in [-0.2, -0.15) is 5.10 Å². The van der Waals surface area contributed by atoms with Crippen molar-refractivity contribution in [1.82, 2.24) is 25.1 Å². The average Bonchev–Trinajstić information content (AvgIpc) is 3.49. The number of hydrogen-bond acceptors (Lipinski definition) is 8. The molecular formula is C22H24N6O5. The highest BCUT2D eigenvalue weighted by Gasteiger charge is 2.24. The predicted molar refractivity (Wildman–Crippen MR) is 116 cm³/mol. The molecule has 2 aliphatic heterocycles. The fraction of sp³-hybridized carbons (Fsp3) is 0.409. The second-order valence-electron chi connectivity index (χ2n) is 7.90. The van der Waals surface area contributed by atoms with Gasteiger partial charge in [-0.1, -0.05) is 0 Å². The van der Waals surface area contributed by atoms with Gasteiger partial charge in [0.25, 0.3) is 11.8 Å². The molecule has 5 rings (SSSR count). The third kappa shape index (κ3) is 4.72. The molecule has 0 saturated carbocycles. The Morgan fingerprint density at radius 3 is 2.85 bits per heavy atom. The van der Waals surface area contributed by atoms with E-state index in [0.29, 0.717) is 43.5 Å². The average molecular weight is 452 g/mol. The van der Waals surface area contributed by atoms with E-state index in [1.165, 1.54) is 6.26 Å². The molecule has 0 aromatic carbocycles. The Kier molecular flexibility index (Phi) is 6.03. The Morgan fingerprint density at radius 1 is 1.09 bits per heavy atom. The Balaban J connectivity index is 1.46. The van der Waals surface area contributed by atoms with E-state index in [0.717, 1.165) is 25.7 Å². The molecule has 1 fully saturated rings. The molecular weight excluding hydrogens is 428 g/mol. The predicted octanol–water partition coefficient (Wildman–Crippen LogP) is 2.44. The number of nitrogens with one attached hydrogen (secondary N) is 2. The SMILES string of the molecule is O=C1Nc2cn(C3CCOCC3)nc2C(=O)NCCCCOc2cc(ccn2)-c2nc1co2. The fourth-order valence-corrected chi connectivity index (χ4v) is 3.80. The zero-order chi connectivity index (χ0) is 22.6. The van der Waals surface area contributed by atoms with Gasteiger partial charge in [0, 0.05) is 43.8 Å². The number of pyridine rings is 1. The van der Waals surface area contributed by atoms with E-state index in [9.17, 15) is 9.59 Å². The Bertz CT molecular complexity index is 1150. The number of nitrogens with zero attached hydrogens (tertiary/aromatic N) is 4. The quantitative estimate of drug-likeness (QED) is 0.575. The van der Waals surface area contributed by atoms with Gasteiger partial charge in [-0.25, -0.2) is 9.97 Å². The van der Waals surface area contributed by atoms with Gasteiger partial charge in [-0.15, -0.1) is 0 Å². The molecule has 5 heterocycles. The van der Waals surface area contributed by atoms with Crippen LogP contribution in [0.2, 0.25) is 0 Å². The van der Waals surface area contributed by atoms with Gasteiger partial charge in [-0.3, -0.25) is 14.3 Å². The summed E-state index contributed by atoms with van der Waals surface area (Å²) in [5, 5.41) is 10.1. The van der Waals surface area contributed by atoms with Crippen LogP contribution in [0, 0.1) is 0 Å². The molecule has 4 bridgehead atoms. The number of oxazole rings is 1. The number of carbonyl (C=O) groups excluding carboxylic acids is 2. The lowest BCUT2D eigenvalue weighted by atomic mass is 10.1. The second kappa shape index (κ2) is 9.41. The van der Waals surface area contributed by atoms with Crippen molar-refractivity contribution in [1.29, 1.82) is 0 Å². The molecule has 0 atom stereocenters. The molecule has 3 aromatic rings. The summed E-state index contributed by atoms with van der Waals surface area (Å²) >= 11 is 0. The van der Waals surface area contributed by atoms with Crippen LogP contribution >= 0.6 is 0 Å². The van der Waals surface area contributed by atoms with E-state index < -0.39 is 5.91 Å². The molecule has 11 heteroatoms. The van der Waals surface area contributed by atoms with E-state index in [2.05, 4.69) is 25.7 Å². The Hall–Kier alpha value is -3.73. The number of aromatic nitrogens is 4. The van der Waals surface area contributed by atoms with Gasteiger partial charge in [-0.05, 0) is 31.7 Å². The van der Waals surface area contributed by atoms with Gasteiger partial charge in [0.1, 0.15) is 6.26 Å².